The molecule has 0 aliphatic heterocycles. The van der Waals surface area contributed by atoms with E-state index in [0.717, 1.165) is 13.0 Å². The summed E-state index contributed by atoms with van der Waals surface area (Å²) in [6, 6.07) is 4.16. The Labute approximate surface area is 122 Å². The smallest absolute Gasteiger partial charge is 0.312 e. The van der Waals surface area contributed by atoms with Crippen molar-refractivity contribution in [2.75, 3.05) is 19.7 Å². The van der Waals surface area contributed by atoms with Crippen molar-refractivity contribution in [3.05, 3.63) is 33.3 Å². The number of ether oxygens (including phenoxy) is 1. The lowest BCUT2D eigenvalue weighted by Gasteiger charge is -2.23. The summed E-state index contributed by atoms with van der Waals surface area (Å²) in [4.78, 5) is 10.3. The van der Waals surface area contributed by atoms with Crippen LogP contribution in [0, 0.1) is 10.1 Å². The lowest BCUT2D eigenvalue weighted by Crippen LogP contribution is -2.43. The van der Waals surface area contributed by atoms with Gasteiger partial charge in [0, 0.05) is 17.6 Å². The fraction of sp³-hybridized carbons (Fsp3) is 0.538. The summed E-state index contributed by atoms with van der Waals surface area (Å²) in [5, 5.41) is 24.3. The van der Waals surface area contributed by atoms with Gasteiger partial charge in [0.25, 0.3) is 0 Å². The maximum absolute atomic E-state index is 10.9. The van der Waals surface area contributed by atoms with Crippen LogP contribution in [0.3, 0.4) is 0 Å². The van der Waals surface area contributed by atoms with E-state index >= 15 is 0 Å². The predicted molar refractivity (Wildman–Crippen MR) is 77.4 cm³/mol. The van der Waals surface area contributed by atoms with Crippen molar-refractivity contribution in [1.29, 1.82) is 0 Å². The predicted octanol–water partition coefficient (Wildman–Crippen LogP) is 2.38. The van der Waals surface area contributed by atoms with Crippen molar-refractivity contribution in [3.63, 3.8) is 0 Å². The fourth-order valence-corrected chi connectivity index (χ4v) is 1.74. The Balaban J connectivity index is 2.67. The van der Waals surface area contributed by atoms with Crippen LogP contribution in [0.1, 0.15) is 20.3 Å². The van der Waals surface area contributed by atoms with E-state index in [1.165, 1.54) is 18.2 Å². The Bertz CT molecular complexity index is 466. The van der Waals surface area contributed by atoms with Crippen molar-refractivity contribution in [3.8, 4) is 5.75 Å². The molecule has 0 aromatic heterocycles. The number of nitrogens with one attached hydrogen (secondary N) is 1. The molecule has 1 rings (SSSR count). The van der Waals surface area contributed by atoms with Gasteiger partial charge in [-0.25, -0.2) is 0 Å². The average Bonchev–Trinajstić information content (AvgIpc) is 2.37. The third-order valence-electron chi connectivity index (χ3n) is 2.59. The van der Waals surface area contributed by atoms with E-state index in [4.69, 9.17) is 16.3 Å². The molecular weight excluding hydrogens is 284 g/mol. The lowest BCUT2D eigenvalue weighted by molar-refractivity contribution is -0.386. The summed E-state index contributed by atoms with van der Waals surface area (Å²) >= 11 is 5.72. The van der Waals surface area contributed by atoms with Crippen LogP contribution in [0.4, 0.5) is 5.69 Å². The third kappa shape index (κ3) is 5.32. The zero-order chi connectivity index (χ0) is 15.2. The minimum atomic E-state index is -1.11. The molecular formula is C13H19ClN2O4. The molecule has 0 saturated heterocycles. The minimum Gasteiger partial charge on any atom is -0.484 e. The summed E-state index contributed by atoms with van der Waals surface area (Å²) in [5.74, 6) is 0.0927. The Kier molecular flexibility index (Phi) is 6.19. The quantitative estimate of drug-likeness (QED) is 0.437. The second-order valence-corrected chi connectivity index (χ2v) is 5.27. The van der Waals surface area contributed by atoms with Crippen LogP contribution in [0.25, 0.3) is 0 Å². The molecule has 0 aliphatic carbocycles. The molecule has 0 amide bonds. The molecule has 0 heterocycles. The lowest BCUT2D eigenvalue weighted by atomic mass is 10.1. The number of hydrogen-bond donors (Lipinski definition) is 2. The number of aliphatic hydroxyl groups is 1. The Morgan fingerprint density at radius 3 is 2.85 bits per heavy atom. The van der Waals surface area contributed by atoms with Crippen molar-refractivity contribution in [2.24, 2.45) is 0 Å². The number of nitro groups is 1. The molecule has 1 unspecified atom stereocenters. The van der Waals surface area contributed by atoms with Crippen molar-refractivity contribution in [1.82, 2.24) is 5.32 Å². The number of benzene rings is 1. The maximum Gasteiger partial charge on any atom is 0.312 e. The number of hydrogen-bond acceptors (Lipinski definition) is 5. The Morgan fingerprint density at radius 1 is 1.55 bits per heavy atom. The SMILES string of the molecule is CCCNCC(C)(O)COc1ccc(Cl)cc1[N+](=O)[O-]. The van der Waals surface area contributed by atoms with Gasteiger partial charge < -0.3 is 15.2 Å². The molecule has 6 nitrogen and oxygen atoms in total. The fourth-order valence-electron chi connectivity index (χ4n) is 1.57. The van der Waals surface area contributed by atoms with Crippen molar-refractivity contribution in [2.45, 2.75) is 25.9 Å². The topological polar surface area (TPSA) is 84.6 Å². The van der Waals surface area contributed by atoms with E-state index in [-0.39, 0.29) is 23.1 Å². The first-order chi connectivity index (χ1) is 9.35. The van der Waals surface area contributed by atoms with E-state index in [1.54, 1.807) is 6.92 Å². The first-order valence-corrected chi connectivity index (χ1v) is 6.73. The van der Waals surface area contributed by atoms with Gasteiger partial charge in [-0.15, -0.1) is 0 Å². The van der Waals surface area contributed by atoms with Crippen LogP contribution >= 0.6 is 11.6 Å². The summed E-state index contributed by atoms with van der Waals surface area (Å²) in [6.45, 7) is 4.72. The second kappa shape index (κ2) is 7.42. The first kappa shape index (κ1) is 16.7. The van der Waals surface area contributed by atoms with Crippen molar-refractivity contribution >= 4 is 17.3 Å². The van der Waals surface area contributed by atoms with Gasteiger partial charge in [-0.3, -0.25) is 10.1 Å². The zero-order valence-corrected chi connectivity index (χ0v) is 12.3. The van der Waals surface area contributed by atoms with Gasteiger partial charge in [0.1, 0.15) is 12.2 Å². The Morgan fingerprint density at radius 2 is 2.25 bits per heavy atom. The highest BCUT2D eigenvalue weighted by atomic mass is 35.5. The molecule has 0 radical (unpaired) electrons. The van der Waals surface area contributed by atoms with Crippen LogP contribution in [0.15, 0.2) is 18.2 Å². The molecule has 0 aliphatic rings. The van der Waals surface area contributed by atoms with Gasteiger partial charge in [0.05, 0.1) is 4.92 Å². The van der Waals surface area contributed by atoms with E-state index in [1.807, 2.05) is 6.92 Å². The second-order valence-electron chi connectivity index (χ2n) is 4.83. The Hall–Kier alpha value is -1.37. The summed E-state index contributed by atoms with van der Waals surface area (Å²) in [6.07, 6.45) is 0.958. The highest BCUT2D eigenvalue weighted by molar-refractivity contribution is 6.30. The average molecular weight is 303 g/mol. The summed E-state index contributed by atoms with van der Waals surface area (Å²) in [7, 11) is 0. The molecule has 1 aromatic rings. The molecule has 1 aromatic carbocycles. The van der Waals surface area contributed by atoms with Gasteiger partial charge in [-0.05, 0) is 32.0 Å². The number of nitrogens with zero attached hydrogens (tertiary/aromatic N) is 1. The number of nitro benzene ring substituents is 1. The minimum absolute atomic E-state index is 0.0494. The number of halogens is 1. The first-order valence-electron chi connectivity index (χ1n) is 6.35. The van der Waals surface area contributed by atoms with Crippen LogP contribution in [0.5, 0.6) is 5.75 Å². The van der Waals surface area contributed by atoms with Gasteiger partial charge >= 0.3 is 5.69 Å². The molecule has 0 bridgehead atoms. The van der Waals surface area contributed by atoms with Crippen LogP contribution in [0.2, 0.25) is 5.02 Å². The maximum atomic E-state index is 10.9. The summed E-state index contributed by atoms with van der Waals surface area (Å²) in [5.41, 5.74) is -1.32. The molecule has 7 heteroatoms. The van der Waals surface area contributed by atoms with Gasteiger partial charge in [-0.2, -0.15) is 0 Å². The molecule has 1 atom stereocenters. The largest absolute Gasteiger partial charge is 0.484 e. The van der Waals surface area contributed by atoms with Crippen LogP contribution in [-0.2, 0) is 0 Å². The van der Waals surface area contributed by atoms with Gasteiger partial charge in [0.2, 0.25) is 0 Å². The van der Waals surface area contributed by atoms with E-state index in [0.29, 0.717) is 6.54 Å². The van der Waals surface area contributed by atoms with Gasteiger partial charge in [-0.1, -0.05) is 18.5 Å². The number of rotatable bonds is 8. The van der Waals surface area contributed by atoms with E-state index < -0.39 is 10.5 Å². The molecule has 2 N–H and O–H groups in total. The molecule has 0 saturated carbocycles. The molecule has 0 spiro atoms. The monoisotopic (exact) mass is 302 g/mol. The standard InChI is InChI=1S/C13H19ClN2O4/c1-3-6-15-8-13(2,17)9-20-12-5-4-10(14)7-11(12)16(18)19/h4-5,7,15,17H,3,6,8-9H2,1-2H3. The molecule has 20 heavy (non-hydrogen) atoms. The zero-order valence-electron chi connectivity index (χ0n) is 11.6. The van der Waals surface area contributed by atoms with E-state index in [9.17, 15) is 15.2 Å². The van der Waals surface area contributed by atoms with Crippen LogP contribution in [-0.4, -0.2) is 35.3 Å². The van der Waals surface area contributed by atoms with Crippen molar-refractivity contribution < 1.29 is 14.8 Å². The van der Waals surface area contributed by atoms with Gasteiger partial charge in [0.15, 0.2) is 5.75 Å². The molecule has 112 valence electrons. The van der Waals surface area contributed by atoms with E-state index in [2.05, 4.69) is 5.32 Å². The normalized spacial score (nSPS) is 13.8. The van der Waals surface area contributed by atoms with Crippen LogP contribution < -0.4 is 10.1 Å². The molecule has 0 fully saturated rings. The third-order valence-corrected chi connectivity index (χ3v) is 2.82. The highest BCUT2D eigenvalue weighted by Gasteiger charge is 2.23. The highest BCUT2D eigenvalue weighted by Crippen LogP contribution is 2.30. The summed E-state index contributed by atoms with van der Waals surface area (Å²) < 4.78 is 5.36.